The number of hydrogen-bond donors (Lipinski definition) is 1. The zero-order valence-electron chi connectivity index (χ0n) is 4.20. The van der Waals surface area contributed by atoms with E-state index in [1.807, 2.05) is 12.1 Å². The Hall–Kier alpha value is -0.422. The van der Waals surface area contributed by atoms with Crippen molar-refractivity contribution in [3.8, 4) is 5.75 Å². The van der Waals surface area contributed by atoms with E-state index in [-0.39, 0.29) is 0 Å². The third kappa shape index (κ3) is 1.04. The van der Waals surface area contributed by atoms with Crippen LogP contribution in [0, 0.1) is 0 Å². The molecule has 0 spiro atoms. The van der Waals surface area contributed by atoms with Crippen molar-refractivity contribution in [2.45, 2.75) is 0 Å². The Bertz CT molecular complexity index is 165. The summed E-state index contributed by atoms with van der Waals surface area (Å²) in [5.41, 5.74) is 0. The van der Waals surface area contributed by atoms with Gasteiger partial charge in [-0.3, -0.25) is 0 Å². The molecule has 0 saturated heterocycles. The summed E-state index contributed by atoms with van der Waals surface area (Å²) >= 11 is 2.30. The molecule has 2 heteroatoms. The average molecular weight is 168 g/mol. The van der Waals surface area contributed by atoms with Crippen molar-refractivity contribution in [1.29, 1.82) is 0 Å². The topological polar surface area (TPSA) is 20.2 Å². The molecule has 0 unspecified atom stereocenters. The van der Waals surface area contributed by atoms with Gasteiger partial charge in [0.25, 0.3) is 0 Å². The maximum atomic E-state index is 8.90. The van der Waals surface area contributed by atoms with E-state index in [2.05, 4.69) is 16.9 Å². The van der Waals surface area contributed by atoms with E-state index >= 15 is 0 Å². The molecule has 0 aliphatic heterocycles. The summed E-state index contributed by atoms with van der Waals surface area (Å²) in [5.74, 6) is 0.340. The Labute approximate surface area is 56.8 Å². The van der Waals surface area contributed by atoms with Crippen LogP contribution in [0.15, 0.2) is 24.3 Å². The predicted octanol–water partition coefficient (Wildman–Crippen LogP) is 0.186. The molecular weight excluding hydrogens is 163 g/mol. The third-order valence-electron chi connectivity index (χ3n) is 0.882. The molecule has 0 amide bonds. The first kappa shape index (κ1) is 5.71. The molecule has 1 aromatic rings. The van der Waals surface area contributed by atoms with Gasteiger partial charge in [0.15, 0.2) is 0 Å². The van der Waals surface area contributed by atoms with Crippen molar-refractivity contribution in [3.63, 3.8) is 0 Å². The molecule has 0 heterocycles. The van der Waals surface area contributed by atoms with Crippen molar-refractivity contribution >= 4 is 21.2 Å². The first-order valence-corrected chi connectivity index (χ1v) is 3.21. The minimum atomic E-state index is 0.340. The van der Waals surface area contributed by atoms with Crippen LogP contribution in [0.25, 0.3) is 0 Å². The summed E-state index contributed by atoms with van der Waals surface area (Å²) in [5, 5.41) is 8.90. The second kappa shape index (κ2) is 2.23. The Morgan fingerprint density at radius 3 is 2.25 bits per heavy atom. The Morgan fingerprint density at radius 1 is 1.25 bits per heavy atom. The van der Waals surface area contributed by atoms with E-state index in [0.717, 1.165) is 4.35 Å². The molecule has 2 radical (unpaired) electrons. The normalized spacial score (nSPS) is 9.12. The minimum absolute atomic E-state index is 0.340. The molecule has 0 saturated carbocycles. The summed E-state index contributed by atoms with van der Waals surface area (Å²) < 4.78 is 0.861. The van der Waals surface area contributed by atoms with Gasteiger partial charge in [-0.25, -0.2) is 0 Å². The Kier molecular flexibility index (Phi) is 1.59. The molecule has 40 valence electrons. The number of aromatic hydroxyl groups is 1. The number of phenols is 1. The fourth-order valence-corrected chi connectivity index (χ4v) is 0.801. The van der Waals surface area contributed by atoms with E-state index in [1.165, 1.54) is 0 Å². The van der Waals surface area contributed by atoms with Crippen molar-refractivity contribution < 1.29 is 5.11 Å². The van der Waals surface area contributed by atoms with Gasteiger partial charge in [-0.2, -0.15) is 0 Å². The van der Waals surface area contributed by atoms with E-state index in [4.69, 9.17) is 5.11 Å². The van der Waals surface area contributed by atoms with Crippen LogP contribution in [0.4, 0.5) is 0 Å². The van der Waals surface area contributed by atoms with E-state index < -0.39 is 0 Å². The fraction of sp³-hybridized carbons (Fsp3) is 0. The van der Waals surface area contributed by atoms with Crippen LogP contribution in [0.3, 0.4) is 0 Å². The maximum absolute atomic E-state index is 8.90. The number of hydrogen-bond acceptors (Lipinski definition) is 1. The summed E-state index contributed by atoms with van der Waals surface area (Å²) in [4.78, 5) is 0. The molecule has 8 heavy (non-hydrogen) atoms. The van der Waals surface area contributed by atoms with Gasteiger partial charge in [-0.1, -0.05) is 0 Å². The van der Waals surface area contributed by atoms with Gasteiger partial charge in [0, 0.05) is 0 Å². The molecule has 1 rings (SSSR count). The SMILES string of the molecule is Oc1ccccc1[As]. The Balaban J connectivity index is 3.13. The molecule has 0 atom stereocenters. The molecule has 0 aliphatic rings. The number of para-hydroxylation sites is 1. The molecule has 1 aromatic carbocycles. The van der Waals surface area contributed by atoms with Crippen LogP contribution in [0.2, 0.25) is 0 Å². The standard InChI is InChI=1S/C6H5AsO/c7-5-3-1-2-4-6(5)8/h1-4,8H. The molecule has 0 bridgehead atoms. The monoisotopic (exact) mass is 168 g/mol. The summed E-state index contributed by atoms with van der Waals surface area (Å²) in [6.45, 7) is 0. The number of phenolic OH excluding ortho intramolecular Hbond substituents is 1. The van der Waals surface area contributed by atoms with Crippen LogP contribution in [-0.4, -0.2) is 22.0 Å². The first-order chi connectivity index (χ1) is 3.80. The number of benzene rings is 1. The zero-order valence-corrected chi connectivity index (χ0v) is 6.08. The molecule has 0 aromatic heterocycles. The van der Waals surface area contributed by atoms with Crippen LogP contribution < -0.4 is 4.35 Å². The van der Waals surface area contributed by atoms with Gasteiger partial charge >= 0.3 is 56.3 Å². The van der Waals surface area contributed by atoms with Crippen LogP contribution in [-0.2, 0) is 0 Å². The van der Waals surface area contributed by atoms with Crippen molar-refractivity contribution in [3.05, 3.63) is 24.3 Å². The van der Waals surface area contributed by atoms with E-state index in [0.29, 0.717) is 5.75 Å². The second-order valence-corrected chi connectivity index (χ2v) is 2.50. The Morgan fingerprint density at radius 2 is 1.88 bits per heavy atom. The molecule has 1 N–H and O–H groups in total. The average Bonchev–Trinajstić information content (AvgIpc) is 1.77. The molecule has 0 aliphatic carbocycles. The molecule has 0 fully saturated rings. The third-order valence-corrected chi connectivity index (χ3v) is 1.68. The summed E-state index contributed by atoms with van der Waals surface area (Å²) in [6.07, 6.45) is 0. The molecular formula is C6H5AsO. The van der Waals surface area contributed by atoms with Crippen molar-refractivity contribution in [2.75, 3.05) is 0 Å². The quantitative estimate of drug-likeness (QED) is 0.548. The zero-order chi connectivity index (χ0) is 5.98. The van der Waals surface area contributed by atoms with Crippen LogP contribution in [0.5, 0.6) is 5.75 Å². The van der Waals surface area contributed by atoms with Crippen molar-refractivity contribution in [1.82, 2.24) is 0 Å². The number of rotatable bonds is 0. The first-order valence-electron chi connectivity index (χ1n) is 2.27. The van der Waals surface area contributed by atoms with Crippen molar-refractivity contribution in [2.24, 2.45) is 0 Å². The van der Waals surface area contributed by atoms with Gasteiger partial charge in [0.1, 0.15) is 0 Å². The van der Waals surface area contributed by atoms with Gasteiger partial charge in [-0.05, 0) is 0 Å². The second-order valence-electron chi connectivity index (χ2n) is 1.49. The van der Waals surface area contributed by atoms with Crippen LogP contribution in [0.1, 0.15) is 0 Å². The van der Waals surface area contributed by atoms with E-state index in [9.17, 15) is 0 Å². The van der Waals surface area contributed by atoms with Gasteiger partial charge in [0.2, 0.25) is 0 Å². The summed E-state index contributed by atoms with van der Waals surface area (Å²) in [6, 6.07) is 7.18. The fourth-order valence-electron chi connectivity index (χ4n) is 0.464. The molecule has 1 nitrogen and oxygen atoms in total. The van der Waals surface area contributed by atoms with Gasteiger partial charge in [0.05, 0.1) is 0 Å². The predicted molar refractivity (Wildman–Crippen MR) is 33.5 cm³/mol. The van der Waals surface area contributed by atoms with E-state index in [1.54, 1.807) is 12.1 Å². The van der Waals surface area contributed by atoms with Gasteiger partial charge in [-0.15, -0.1) is 0 Å². The van der Waals surface area contributed by atoms with Gasteiger partial charge < -0.3 is 0 Å². The summed E-state index contributed by atoms with van der Waals surface area (Å²) in [7, 11) is 0. The van der Waals surface area contributed by atoms with Crippen LogP contribution >= 0.6 is 0 Å².